The van der Waals surface area contributed by atoms with Gasteiger partial charge in [-0.15, -0.1) is 0 Å². The van der Waals surface area contributed by atoms with Crippen molar-refractivity contribution in [2.75, 3.05) is 27.9 Å². The molecule has 8 heteroatoms. The fourth-order valence-electron chi connectivity index (χ4n) is 2.72. The van der Waals surface area contributed by atoms with E-state index in [9.17, 15) is 0 Å². The number of hydrogen-bond acceptors (Lipinski definition) is 7. The van der Waals surface area contributed by atoms with Crippen LogP contribution in [0.15, 0.2) is 34.4 Å². The highest BCUT2D eigenvalue weighted by Gasteiger charge is 2.28. The van der Waals surface area contributed by atoms with E-state index < -0.39 is 0 Å². The highest BCUT2D eigenvalue weighted by molar-refractivity contribution is 7.82. The maximum atomic E-state index is 5.96. The summed E-state index contributed by atoms with van der Waals surface area (Å²) in [5, 5.41) is 0.346. The smallest absolute Gasteiger partial charge is 0.270 e. The Morgan fingerprint density at radius 2 is 1.70 bits per heavy atom. The van der Waals surface area contributed by atoms with Crippen LogP contribution < -0.4 is 14.2 Å². The molecular weight excluding hydrogens is 386 g/mol. The summed E-state index contributed by atoms with van der Waals surface area (Å²) in [5.41, 5.74) is 0.686. The Kier molecular flexibility index (Phi) is 5.67. The second-order valence-corrected chi connectivity index (χ2v) is 6.27. The molecule has 1 fully saturated rings. The van der Waals surface area contributed by atoms with Gasteiger partial charge in [0.2, 0.25) is 0 Å². The third-order valence-electron chi connectivity index (χ3n) is 4.05. The van der Waals surface area contributed by atoms with Gasteiger partial charge in [0, 0.05) is 24.8 Å². The van der Waals surface area contributed by atoms with Gasteiger partial charge in [-0.1, -0.05) is 12.2 Å². The summed E-state index contributed by atoms with van der Waals surface area (Å²) in [6.45, 7) is 2.61. The highest BCUT2D eigenvalue weighted by atomic mass is 32.1. The Balaban J connectivity index is 1.99. The molecule has 0 aliphatic carbocycles. The number of methoxy groups -OCH3 is 3. The van der Waals surface area contributed by atoms with E-state index in [-0.39, 0.29) is 0 Å². The lowest BCUT2D eigenvalue weighted by molar-refractivity contribution is 0.375. The maximum absolute atomic E-state index is 5.96. The van der Waals surface area contributed by atoms with Crippen LogP contribution in [-0.2, 0) is 4.74 Å². The molecule has 0 atom stereocenters. The Morgan fingerprint density at radius 3 is 2.22 bits per heavy atom. The molecule has 1 aliphatic rings. The zero-order valence-electron chi connectivity index (χ0n) is 15.4. The number of rotatable bonds is 6. The normalized spacial score (nSPS) is 15.3. The largest absolute Gasteiger partial charge is 0.496 e. The Labute approximate surface area is 168 Å². The first-order chi connectivity index (χ1) is 13.0. The van der Waals surface area contributed by atoms with Gasteiger partial charge in [-0.3, -0.25) is 4.90 Å². The molecule has 0 N–H and O–H groups in total. The predicted octanol–water partition coefficient (Wildman–Crippen LogP) is 4.28. The zero-order valence-corrected chi connectivity index (χ0v) is 17.0. The van der Waals surface area contributed by atoms with Crippen molar-refractivity contribution in [2.45, 2.75) is 6.92 Å². The first-order valence-corrected chi connectivity index (χ1v) is 8.99. The summed E-state index contributed by atoms with van der Waals surface area (Å²) in [4.78, 5) is 2.29. The minimum atomic E-state index is 0.346. The quantitative estimate of drug-likeness (QED) is 0.522. The van der Waals surface area contributed by atoms with Gasteiger partial charge in [0.05, 0.1) is 21.3 Å². The molecule has 0 saturated carbocycles. The van der Waals surface area contributed by atoms with Crippen molar-refractivity contribution in [3.8, 4) is 28.6 Å². The lowest BCUT2D eigenvalue weighted by atomic mass is 10.1. The summed E-state index contributed by atoms with van der Waals surface area (Å²) < 4.78 is 27.8. The molecule has 2 aromatic rings. The van der Waals surface area contributed by atoms with Crippen LogP contribution in [0.4, 0.5) is 0 Å². The third kappa shape index (κ3) is 3.63. The molecule has 1 saturated heterocycles. The lowest BCUT2D eigenvalue weighted by Gasteiger charge is -2.13. The molecule has 0 radical (unpaired) electrons. The van der Waals surface area contributed by atoms with Crippen molar-refractivity contribution in [1.29, 1.82) is 0 Å². The zero-order chi connectivity index (χ0) is 19.6. The van der Waals surface area contributed by atoms with Crippen molar-refractivity contribution >= 4 is 40.7 Å². The molecule has 2 heterocycles. The van der Waals surface area contributed by atoms with Gasteiger partial charge in [0.1, 0.15) is 34.3 Å². The molecule has 3 rings (SSSR count). The number of benzene rings is 1. The van der Waals surface area contributed by atoms with Gasteiger partial charge in [-0.25, -0.2) is 0 Å². The molecule has 27 heavy (non-hydrogen) atoms. The second-order valence-electron chi connectivity index (χ2n) is 5.53. The standard InChI is InChI=1S/C19H19NO5S2/c1-5-20-18(26)16(25-19(20)27)8-11-6-7-13(24-11)17-14(22-3)9-12(21-2)10-15(17)23-4/h6-10H,5H2,1-4H3. The molecule has 0 spiro atoms. The fraction of sp³-hybridized carbons (Fsp3) is 0.263. The van der Waals surface area contributed by atoms with Crippen molar-refractivity contribution in [3.05, 3.63) is 35.8 Å². The van der Waals surface area contributed by atoms with Crippen LogP contribution in [0.5, 0.6) is 17.2 Å². The molecule has 6 nitrogen and oxygen atoms in total. The van der Waals surface area contributed by atoms with Crippen LogP contribution in [0.2, 0.25) is 0 Å². The average molecular weight is 405 g/mol. The molecule has 142 valence electrons. The summed E-state index contributed by atoms with van der Waals surface area (Å²) >= 11 is 10.6. The number of nitrogens with zero attached hydrogens (tertiary/aromatic N) is 1. The fourth-order valence-corrected chi connectivity index (χ4v) is 3.40. The third-order valence-corrected chi connectivity index (χ3v) is 4.78. The molecule has 1 aliphatic heterocycles. The SMILES string of the molecule is CCN1C(=S)OC(=Cc2ccc(-c3c(OC)cc(OC)cc3OC)o2)C1=S. The number of furan rings is 1. The molecule has 1 aromatic heterocycles. The van der Waals surface area contributed by atoms with E-state index in [2.05, 4.69) is 0 Å². The molecule has 1 aromatic carbocycles. The number of ether oxygens (including phenoxy) is 4. The molecule has 0 unspecified atom stereocenters. The second kappa shape index (κ2) is 7.98. The number of thiocarbonyl (C=S) groups is 2. The first-order valence-electron chi connectivity index (χ1n) is 8.18. The van der Waals surface area contributed by atoms with Crippen LogP contribution in [0.1, 0.15) is 12.7 Å². The highest BCUT2D eigenvalue weighted by Crippen LogP contribution is 2.42. The van der Waals surface area contributed by atoms with Crippen LogP contribution in [0.3, 0.4) is 0 Å². The summed E-state index contributed by atoms with van der Waals surface area (Å²) in [6.07, 6.45) is 1.72. The molecule has 0 amide bonds. The Hall–Kier alpha value is -2.58. The van der Waals surface area contributed by atoms with Gasteiger partial charge >= 0.3 is 0 Å². The molecule has 0 bridgehead atoms. The summed E-state index contributed by atoms with van der Waals surface area (Å²) in [7, 11) is 4.74. The van der Waals surface area contributed by atoms with Crippen LogP contribution in [-0.4, -0.2) is 42.9 Å². The van der Waals surface area contributed by atoms with Gasteiger partial charge < -0.3 is 23.4 Å². The number of hydrogen-bond donors (Lipinski definition) is 0. The van der Waals surface area contributed by atoms with Crippen LogP contribution >= 0.6 is 24.4 Å². The van der Waals surface area contributed by atoms with Crippen LogP contribution in [0.25, 0.3) is 17.4 Å². The van der Waals surface area contributed by atoms with Crippen molar-refractivity contribution in [3.63, 3.8) is 0 Å². The van der Waals surface area contributed by atoms with Crippen molar-refractivity contribution in [2.24, 2.45) is 0 Å². The van der Waals surface area contributed by atoms with E-state index in [1.807, 2.05) is 19.1 Å². The number of likely N-dealkylation sites (N-methyl/N-ethyl adjacent to an activating group) is 1. The molecular formula is C19H19NO5S2. The summed E-state index contributed by atoms with van der Waals surface area (Å²) in [5.74, 6) is 3.42. The van der Waals surface area contributed by atoms with Gasteiger partial charge in [-0.2, -0.15) is 0 Å². The Bertz CT molecular complexity index is 894. The average Bonchev–Trinajstić information content (AvgIpc) is 3.24. The predicted molar refractivity (Wildman–Crippen MR) is 110 cm³/mol. The lowest BCUT2D eigenvalue weighted by Crippen LogP contribution is -2.26. The van der Waals surface area contributed by atoms with Crippen LogP contribution in [0, 0.1) is 0 Å². The van der Waals surface area contributed by atoms with E-state index in [4.69, 9.17) is 47.8 Å². The minimum absolute atomic E-state index is 0.346. The summed E-state index contributed by atoms with van der Waals surface area (Å²) in [6, 6.07) is 7.18. The van der Waals surface area contributed by atoms with E-state index >= 15 is 0 Å². The maximum Gasteiger partial charge on any atom is 0.270 e. The van der Waals surface area contributed by atoms with E-state index in [1.165, 1.54) is 0 Å². The van der Waals surface area contributed by atoms with Crippen molar-refractivity contribution in [1.82, 2.24) is 4.90 Å². The van der Waals surface area contributed by atoms with Gasteiger partial charge in [0.25, 0.3) is 5.17 Å². The van der Waals surface area contributed by atoms with Gasteiger partial charge in [0.15, 0.2) is 10.7 Å². The van der Waals surface area contributed by atoms with E-state index in [0.29, 0.717) is 56.8 Å². The van der Waals surface area contributed by atoms with Crippen molar-refractivity contribution < 1.29 is 23.4 Å². The minimum Gasteiger partial charge on any atom is -0.496 e. The van der Waals surface area contributed by atoms with E-state index in [1.54, 1.807) is 44.4 Å². The first kappa shape index (κ1) is 19.2. The topological polar surface area (TPSA) is 53.3 Å². The monoisotopic (exact) mass is 405 g/mol. The Morgan fingerprint density at radius 1 is 1.04 bits per heavy atom. The van der Waals surface area contributed by atoms with E-state index in [0.717, 1.165) is 0 Å². The van der Waals surface area contributed by atoms with Gasteiger partial charge in [-0.05, 0) is 31.3 Å².